The van der Waals surface area contributed by atoms with Crippen LogP contribution in [0.2, 0.25) is 0 Å². The van der Waals surface area contributed by atoms with E-state index in [1.54, 1.807) is 0 Å². The molecule has 0 bridgehead atoms. The first-order valence-electron chi connectivity index (χ1n) is 7.54. The first kappa shape index (κ1) is 18.5. The van der Waals surface area contributed by atoms with Crippen LogP contribution >= 0.6 is 12.4 Å². The number of nitrogens with two attached hydrogens (primary N) is 1. The molecule has 1 atom stereocenters. The predicted molar refractivity (Wildman–Crippen MR) is 88.6 cm³/mol. The molecule has 0 saturated heterocycles. The summed E-state index contributed by atoms with van der Waals surface area (Å²) in [6.07, 6.45) is 3.89. The summed E-state index contributed by atoms with van der Waals surface area (Å²) in [5.41, 5.74) is 6.68. The fourth-order valence-electron chi connectivity index (χ4n) is 2.25. The van der Waals surface area contributed by atoms with Crippen molar-refractivity contribution in [3.05, 3.63) is 35.9 Å². The van der Waals surface area contributed by atoms with Crippen LogP contribution in [0.4, 0.5) is 0 Å². The van der Waals surface area contributed by atoms with E-state index in [0.717, 1.165) is 24.8 Å². The quantitative estimate of drug-likeness (QED) is 0.665. The van der Waals surface area contributed by atoms with E-state index in [4.69, 9.17) is 5.73 Å². The summed E-state index contributed by atoms with van der Waals surface area (Å²) < 4.78 is 0. The third kappa shape index (κ3) is 5.31. The van der Waals surface area contributed by atoms with Gasteiger partial charge in [-0.3, -0.25) is 9.59 Å². The number of hydrogen-bond acceptors (Lipinski definition) is 3. The summed E-state index contributed by atoms with van der Waals surface area (Å²) >= 11 is 0. The molecule has 1 aliphatic rings. The molecule has 2 amide bonds. The van der Waals surface area contributed by atoms with Crippen LogP contribution in [0.3, 0.4) is 0 Å². The van der Waals surface area contributed by atoms with Crippen LogP contribution < -0.4 is 16.4 Å². The molecule has 1 fully saturated rings. The maximum absolute atomic E-state index is 11.9. The van der Waals surface area contributed by atoms with E-state index in [9.17, 15) is 9.59 Å². The van der Waals surface area contributed by atoms with Crippen LogP contribution in [-0.4, -0.2) is 24.9 Å². The Bertz CT molecular complexity index is 478. The lowest BCUT2D eigenvalue weighted by atomic mass is 9.85. The van der Waals surface area contributed by atoms with E-state index in [1.165, 1.54) is 0 Å². The highest BCUT2D eigenvalue weighted by molar-refractivity contribution is 5.85. The van der Waals surface area contributed by atoms with E-state index in [2.05, 4.69) is 10.6 Å². The molecule has 5 nitrogen and oxygen atoms in total. The molecule has 1 aromatic rings. The second-order valence-corrected chi connectivity index (χ2v) is 5.45. The SMILES string of the molecule is Cl.NC(C(=O)NCCCNC(=O)C1CCC1)c1ccccc1. The van der Waals surface area contributed by atoms with Gasteiger partial charge in [-0.25, -0.2) is 0 Å². The van der Waals surface area contributed by atoms with Crippen LogP contribution in [-0.2, 0) is 9.59 Å². The van der Waals surface area contributed by atoms with Crippen molar-refractivity contribution in [1.29, 1.82) is 0 Å². The Morgan fingerprint density at radius 3 is 2.36 bits per heavy atom. The lowest BCUT2D eigenvalue weighted by molar-refractivity contribution is -0.127. The Labute approximate surface area is 137 Å². The molecule has 6 heteroatoms. The standard InChI is InChI=1S/C16H23N3O2.ClH/c17-14(12-6-2-1-3-7-12)16(21)19-11-5-10-18-15(20)13-8-4-9-13;/h1-3,6-7,13-14H,4-5,8-11,17H2,(H,18,20)(H,19,21);1H. The molecular weight excluding hydrogens is 302 g/mol. The van der Waals surface area contributed by atoms with Crippen molar-refractivity contribution in [3.63, 3.8) is 0 Å². The van der Waals surface area contributed by atoms with Crippen molar-refractivity contribution < 1.29 is 9.59 Å². The second-order valence-electron chi connectivity index (χ2n) is 5.45. The number of halogens is 1. The molecule has 1 saturated carbocycles. The number of benzene rings is 1. The van der Waals surface area contributed by atoms with E-state index in [-0.39, 0.29) is 30.1 Å². The lowest BCUT2D eigenvalue weighted by Gasteiger charge is -2.24. The third-order valence-electron chi connectivity index (χ3n) is 3.87. The number of amides is 2. The lowest BCUT2D eigenvalue weighted by Crippen LogP contribution is -2.38. The first-order valence-corrected chi connectivity index (χ1v) is 7.54. The summed E-state index contributed by atoms with van der Waals surface area (Å²) in [6.45, 7) is 1.11. The minimum atomic E-state index is -0.643. The molecule has 0 aliphatic heterocycles. The minimum Gasteiger partial charge on any atom is -0.356 e. The van der Waals surface area contributed by atoms with Crippen LogP contribution in [0.1, 0.15) is 37.3 Å². The van der Waals surface area contributed by atoms with E-state index in [0.29, 0.717) is 19.5 Å². The molecule has 0 radical (unpaired) electrons. The van der Waals surface area contributed by atoms with Crippen LogP contribution in [0.5, 0.6) is 0 Å². The van der Waals surface area contributed by atoms with Gasteiger partial charge in [0.25, 0.3) is 0 Å². The van der Waals surface area contributed by atoms with E-state index >= 15 is 0 Å². The largest absolute Gasteiger partial charge is 0.356 e. The van der Waals surface area contributed by atoms with Crippen LogP contribution in [0, 0.1) is 5.92 Å². The molecule has 0 aromatic heterocycles. The van der Waals surface area contributed by atoms with E-state index < -0.39 is 6.04 Å². The fourth-order valence-corrected chi connectivity index (χ4v) is 2.25. The smallest absolute Gasteiger partial charge is 0.241 e. The summed E-state index contributed by atoms with van der Waals surface area (Å²) in [5, 5.41) is 5.69. The van der Waals surface area contributed by atoms with Crippen molar-refractivity contribution in [3.8, 4) is 0 Å². The summed E-state index contributed by atoms with van der Waals surface area (Å²) in [4.78, 5) is 23.5. The maximum Gasteiger partial charge on any atom is 0.241 e. The van der Waals surface area contributed by atoms with Crippen LogP contribution in [0.15, 0.2) is 30.3 Å². The Balaban J connectivity index is 0.00000242. The summed E-state index contributed by atoms with van der Waals surface area (Å²) in [6, 6.07) is 8.64. The van der Waals surface area contributed by atoms with Gasteiger partial charge < -0.3 is 16.4 Å². The van der Waals surface area contributed by atoms with Gasteiger partial charge in [-0.05, 0) is 24.8 Å². The van der Waals surface area contributed by atoms with Gasteiger partial charge in [0.05, 0.1) is 0 Å². The zero-order valence-electron chi connectivity index (χ0n) is 12.6. The van der Waals surface area contributed by atoms with Crippen molar-refractivity contribution in [1.82, 2.24) is 10.6 Å². The molecule has 2 rings (SSSR count). The Hall–Kier alpha value is -1.59. The van der Waals surface area contributed by atoms with Gasteiger partial charge in [-0.1, -0.05) is 36.8 Å². The molecule has 1 aromatic carbocycles. The van der Waals surface area contributed by atoms with Gasteiger partial charge in [0.2, 0.25) is 11.8 Å². The number of carbonyl (C=O) groups is 2. The zero-order chi connectivity index (χ0) is 15.1. The normalized spacial score (nSPS) is 15.1. The van der Waals surface area contributed by atoms with Gasteiger partial charge in [0, 0.05) is 19.0 Å². The molecule has 1 unspecified atom stereocenters. The Kier molecular flexibility index (Phi) is 7.91. The zero-order valence-corrected chi connectivity index (χ0v) is 13.4. The fraction of sp³-hybridized carbons (Fsp3) is 0.500. The highest BCUT2D eigenvalue weighted by Gasteiger charge is 2.24. The average molecular weight is 326 g/mol. The van der Waals surface area contributed by atoms with Gasteiger partial charge in [-0.2, -0.15) is 0 Å². The number of nitrogens with one attached hydrogen (secondary N) is 2. The summed E-state index contributed by atoms with van der Waals surface area (Å²) in [5.74, 6) is 0.172. The molecule has 1 aliphatic carbocycles. The number of carbonyl (C=O) groups excluding carboxylic acids is 2. The maximum atomic E-state index is 11.9. The monoisotopic (exact) mass is 325 g/mol. The molecule has 4 N–H and O–H groups in total. The predicted octanol–water partition coefficient (Wildman–Crippen LogP) is 1.53. The Morgan fingerprint density at radius 1 is 1.14 bits per heavy atom. The minimum absolute atomic E-state index is 0. The molecule has 122 valence electrons. The van der Waals surface area contributed by atoms with Gasteiger partial charge in [0.15, 0.2) is 0 Å². The van der Waals surface area contributed by atoms with Gasteiger partial charge >= 0.3 is 0 Å². The second kappa shape index (κ2) is 9.43. The number of rotatable bonds is 7. The van der Waals surface area contributed by atoms with Gasteiger partial charge in [-0.15, -0.1) is 12.4 Å². The third-order valence-corrected chi connectivity index (χ3v) is 3.87. The number of hydrogen-bond donors (Lipinski definition) is 3. The average Bonchev–Trinajstić information content (AvgIpc) is 2.45. The molecule has 0 spiro atoms. The van der Waals surface area contributed by atoms with Crippen molar-refractivity contribution in [2.45, 2.75) is 31.7 Å². The molecule has 22 heavy (non-hydrogen) atoms. The van der Waals surface area contributed by atoms with Crippen molar-refractivity contribution in [2.75, 3.05) is 13.1 Å². The Morgan fingerprint density at radius 2 is 1.77 bits per heavy atom. The summed E-state index contributed by atoms with van der Waals surface area (Å²) in [7, 11) is 0. The van der Waals surface area contributed by atoms with Gasteiger partial charge in [0.1, 0.15) is 6.04 Å². The topological polar surface area (TPSA) is 84.2 Å². The molecular formula is C16H24ClN3O2. The van der Waals surface area contributed by atoms with Crippen molar-refractivity contribution in [2.24, 2.45) is 11.7 Å². The van der Waals surface area contributed by atoms with Crippen LogP contribution in [0.25, 0.3) is 0 Å². The van der Waals surface area contributed by atoms with E-state index in [1.807, 2.05) is 30.3 Å². The highest BCUT2D eigenvalue weighted by Crippen LogP contribution is 2.25. The van der Waals surface area contributed by atoms with Crippen molar-refractivity contribution >= 4 is 24.2 Å². The highest BCUT2D eigenvalue weighted by atomic mass is 35.5. The molecule has 0 heterocycles. The first-order chi connectivity index (χ1) is 10.2.